The first-order valence-corrected chi connectivity index (χ1v) is 7.79. The average molecular weight is 354 g/mol. The lowest BCUT2D eigenvalue weighted by Crippen LogP contribution is -2.51. The van der Waals surface area contributed by atoms with Gasteiger partial charge in [-0.05, 0) is 36.6 Å². The minimum atomic E-state index is -4.74. The highest BCUT2D eigenvalue weighted by molar-refractivity contribution is 6.30. The smallest absolute Gasteiger partial charge is 0.356 e. The Morgan fingerprint density at radius 2 is 2.12 bits per heavy atom. The van der Waals surface area contributed by atoms with Crippen molar-refractivity contribution in [2.45, 2.75) is 30.8 Å². The van der Waals surface area contributed by atoms with E-state index in [0.717, 1.165) is 12.8 Å². The minimum Gasteiger partial charge on any atom is -0.356 e. The molecule has 1 N–H and O–H groups in total. The summed E-state index contributed by atoms with van der Waals surface area (Å²) in [6.07, 6.45) is -2.84. The Morgan fingerprint density at radius 3 is 2.71 bits per heavy atom. The predicted molar refractivity (Wildman–Crippen MR) is 87.5 cm³/mol. The van der Waals surface area contributed by atoms with E-state index in [1.165, 1.54) is 24.3 Å². The van der Waals surface area contributed by atoms with E-state index in [0.29, 0.717) is 0 Å². The molecule has 126 valence electrons. The number of halogens is 4. The van der Waals surface area contributed by atoms with Crippen LogP contribution in [0.5, 0.6) is 0 Å². The largest absolute Gasteiger partial charge is 0.433 e. The summed E-state index contributed by atoms with van der Waals surface area (Å²) in [6, 6.07) is 4.25. The highest BCUT2D eigenvalue weighted by atomic mass is 35.5. The van der Waals surface area contributed by atoms with Crippen molar-refractivity contribution in [1.82, 2.24) is 0 Å². The van der Waals surface area contributed by atoms with E-state index < -0.39 is 18.0 Å². The molecule has 0 saturated heterocycles. The number of nitrogens with one attached hydrogen (secondary N) is 1. The van der Waals surface area contributed by atoms with Crippen molar-refractivity contribution < 1.29 is 17.9 Å². The van der Waals surface area contributed by atoms with Gasteiger partial charge in [0.05, 0.1) is 0 Å². The molecule has 1 aliphatic heterocycles. The van der Waals surface area contributed by atoms with E-state index in [-0.39, 0.29) is 27.8 Å². The van der Waals surface area contributed by atoms with Crippen LogP contribution in [0.4, 0.5) is 18.9 Å². The summed E-state index contributed by atoms with van der Waals surface area (Å²) in [7, 11) is 0. The van der Waals surface area contributed by atoms with Gasteiger partial charge in [0.25, 0.3) is 5.60 Å². The molecule has 0 radical (unpaired) electrons. The molecule has 2 nitrogen and oxygen atoms in total. The van der Waals surface area contributed by atoms with Crippen LogP contribution in [0.2, 0.25) is 5.02 Å². The third kappa shape index (κ3) is 2.92. The molecule has 1 aliphatic carbocycles. The van der Waals surface area contributed by atoms with Crippen LogP contribution in [0.3, 0.4) is 0 Å². The molecule has 2 aliphatic rings. The summed E-state index contributed by atoms with van der Waals surface area (Å²) in [5, 5.41) is 3.07. The zero-order chi connectivity index (χ0) is 17.5. The van der Waals surface area contributed by atoms with Crippen LogP contribution in [-0.2, 0) is 10.3 Å². The van der Waals surface area contributed by atoms with E-state index in [2.05, 4.69) is 30.3 Å². The van der Waals surface area contributed by atoms with E-state index in [4.69, 9.17) is 16.3 Å². The summed E-state index contributed by atoms with van der Waals surface area (Å²) in [5.41, 5.74) is -2.33. The number of alkyl halides is 3. The third-order valence-electron chi connectivity index (χ3n) is 3.97. The Balaban J connectivity index is 2.20. The van der Waals surface area contributed by atoms with Crippen molar-refractivity contribution in [2.75, 3.05) is 5.32 Å². The van der Waals surface area contributed by atoms with Gasteiger partial charge in [-0.15, -0.1) is 0 Å². The number of hydrogen-bond donors (Lipinski definition) is 1. The molecule has 0 aromatic heterocycles. The van der Waals surface area contributed by atoms with Gasteiger partial charge in [0.15, 0.2) is 6.23 Å². The van der Waals surface area contributed by atoms with Crippen LogP contribution in [0.15, 0.2) is 43.0 Å². The molecule has 3 rings (SSSR count). The highest BCUT2D eigenvalue weighted by Gasteiger charge is 2.61. The molecule has 1 saturated carbocycles. The van der Waals surface area contributed by atoms with Crippen LogP contribution in [0, 0.1) is 17.8 Å². The van der Waals surface area contributed by atoms with E-state index in [1.807, 2.05) is 0 Å². The summed E-state index contributed by atoms with van der Waals surface area (Å²) in [5.74, 6) is 5.04. The number of anilines is 1. The fourth-order valence-corrected chi connectivity index (χ4v) is 2.61. The molecule has 0 amide bonds. The molecule has 1 heterocycles. The zero-order valence-electron chi connectivity index (χ0n) is 12.7. The summed E-state index contributed by atoms with van der Waals surface area (Å²) in [4.78, 5) is 0. The van der Waals surface area contributed by atoms with Gasteiger partial charge in [-0.25, -0.2) is 0 Å². The maximum atomic E-state index is 14.1. The lowest BCUT2D eigenvalue weighted by atomic mass is 9.89. The van der Waals surface area contributed by atoms with Gasteiger partial charge in [0.1, 0.15) is 0 Å². The van der Waals surface area contributed by atoms with Crippen LogP contribution < -0.4 is 5.32 Å². The maximum absolute atomic E-state index is 14.1. The molecule has 2 unspecified atom stereocenters. The van der Waals surface area contributed by atoms with Crippen molar-refractivity contribution >= 4 is 17.3 Å². The SMILES string of the molecule is C=CC(=C)C1Nc2ccc(Cl)cc2C(C#CC2CC2)(C(F)(F)F)O1. The van der Waals surface area contributed by atoms with Crippen molar-refractivity contribution in [1.29, 1.82) is 0 Å². The Morgan fingerprint density at radius 1 is 1.42 bits per heavy atom. The Hall–Kier alpha value is -1.90. The van der Waals surface area contributed by atoms with Crippen LogP contribution in [-0.4, -0.2) is 12.4 Å². The molecule has 6 heteroatoms. The van der Waals surface area contributed by atoms with E-state index in [9.17, 15) is 13.2 Å². The maximum Gasteiger partial charge on any atom is 0.433 e. The lowest BCUT2D eigenvalue weighted by Gasteiger charge is -2.41. The number of benzene rings is 1. The first-order valence-electron chi connectivity index (χ1n) is 7.42. The highest BCUT2D eigenvalue weighted by Crippen LogP contribution is 2.49. The minimum absolute atomic E-state index is 0.00796. The fourth-order valence-electron chi connectivity index (χ4n) is 2.44. The van der Waals surface area contributed by atoms with Crippen LogP contribution in [0.25, 0.3) is 0 Å². The Bertz CT molecular complexity index is 758. The standard InChI is InChI=1S/C18H15ClF3NO/c1-3-11(2)16-23-15-7-6-13(19)10-14(15)17(24-16,18(20,21)22)9-8-12-4-5-12/h3,6-7,10,12,16,23H,1-2,4-5H2. The second-order valence-electron chi connectivity index (χ2n) is 5.83. The van der Waals surface area contributed by atoms with Crippen LogP contribution in [0.1, 0.15) is 18.4 Å². The number of hydrogen-bond acceptors (Lipinski definition) is 2. The van der Waals surface area contributed by atoms with Crippen molar-refractivity contribution in [3.63, 3.8) is 0 Å². The van der Waals surface area contributed by atoms with Gasteiger partial charge in [-0.3, -0.25) is 0 Å². The molecule has 0 spiro atoms. The summed E-state index contributed by atoms with van der Waals surface area (Å²) >= 11 is 5.92. The third-order valence-corrected chi connectivity index (χ3v) is 4.21. The zero-order valence-corrected chi connectivity index (χ0v) is 13.5. The fraction of sp³-hybridized carbons (Fsp3) is 0.333. The Labute approximate surface area is 143 Å². The van der Waals surface area contributed by atoms with Gasteiger partial charge in [0, 0.05) is 22.2 Å². The number of rotatable bonds is 2. The molecule has 2 atom stereocenters. The van der Waals surface area contributed by atoms with E-state index in [1.54, 1.807) is 0 Å². The van der Waals surface area contributed by atoms with Crippen molar-refractivity contribution in [2.24, 2.45) is 5.92 Å². The van der Waals surface area contributed by atoms with E-state index >= 15 is 0 Å². The average Bonchev–Trinajstić information content (AvgIpc) is 3.35. The predicted octanol–water partition coefficient (Wildman–Crippen LogP) is 5.02. The molecule has 24 heavy (non-hydrogen) atoms. The summed E-state index contributed by atoms with van der Waals surface area (Å²) < 4.78 is 47.6. The van der Waals surface area contributed by atoms with Gasteiger partial charge in [-0.2, -0.15) is 13.2 Å². The van der Waals surface area contributed by atoms with Gasteiger partial charge in [0.2, 0.25) is 0 Å². The first kappa shape index (κ1) is 16.9. The van der Waals surface area contributed by atoms with Gasteiger partial charge >= 0.3 is 6.18 Å². The second-order valence-corrected chi connectivity index (χ2v) is 6.27. The quantitative estimate of drug-likeness (QED) is 0.595. The summed E-state index contributed by atoms with van der Waals surface area (Å²) in [6.45, 7) is 7.24. The van der Waals surface area contributed by atoms with Crippen molar-refractivity contribution in [3.05, 3.63) is 53.6 Å². The molecular weight excluding hydrogens is 339 g/mol. The number of fused-ring (bicyclic) bond motifs is 1. The molecular formula is C18H15ClF3NO. The lowest BCUT2D eigenvalue weighted by molar-refractivity contribution is -0.268. The normalized spacial score (nSPS) is 25.8. The van der Waals surface area contributed by atoms with Crippen molar-refractivity contribution in [3.8, 4) is 11.8 Å². The first-order chi connectivity index (χ1) is 11.3. The molecule has 0 bridgehead atoms. The molecule has 1 aromatic rings. The number of ether oxygens (including phenoxy) is 1. The molecule has 1 fully saturated rings. The second kappa shape index (κ2) is 5.87. The van der Waals surface area contributed by atoms with Crippen LogP contribution >= 0.6 is 11.6 Å². The van der Waals surface area contributed by atoms with Gasteiger partial charge < -0.3 is 10.1 Å². The Kier molecular flexibility index (Phi) is 4.15. The monoisotopic (exact) mass is 353 g/mol. The molecule has 1 aromatic carbocycles. The van der Waals surface area contributed by atoms with Gasteiger partial charge in [-0.1, -0.05) is 42.7 Å². The topological polar surface area (TPSA) is 21.3 Å².